The Kier molecular flexibility index (Phi) is 15.9. The van der Waals surface area contributed by atoms with Crippen LogP contribution in [0.3, 0.4) is 0 Å². The Balaban J connectivity index is 2.85. The van der Waals surface area contributed by atoms with Crippen molar-refractivity contribution < 1.29 is 4.74 Å². The van der Waals surface area contributed by atoms with Crippen LogP contribution in [-0.2, 0) is 4.74 Å². The second-order valence-electron chi connectivity index (χ2n) is 5.15. The van der Waals surface area contributed by atoms with E-state index < -0.39 is 0 Å². The molecule has 17 heavy (non-hydrogen) atoms. The third kappa shape index (κ3) is 16.0. The Morgan fingerprint density at radius 1 is 0.588 bits per heavy atom. The van der Waals surface area contributed by atoms with Gasteiger partial charge in [-0.05, 0) is 6.42 Å². The van der Waals surface area contributed by atoms with Crippen molar-refractivity contribution in [1.82, 2.24) is 0 Å². The lowest BCUT2D eigenvalue weighted by Gasteiger charge is -2.02. The Bertz CT molecular complexity index is 109. The van der Waals surface area contributed by atoms with Crippen LogP contribution in [0.2, 0.25) is 0 Å². The van der Waals surface area contributed by atoms with Crippen molar-refractivity contribution in [3.63, 3.8) is 0 Å². The number of rotatable bonds is 14. The molecule has 0 atom stereocenters. The van der Waals surface area contributed by atoms with E-state index >= 15 is 0 Å². The summed E-state index contributed by atoms with van der Waals surface area (Å²) in [5.74, 6) is 0. The van der Waals surface area contributed by atoms with Crippen molar-refractivity contribution in [2.45, 2.75) is 90.4 Å². The highest BCUT2D eigenvalue weighted by Gasteiger charge is 1.93. The molecule has 0 aliphatic heterocycles. The van der Waals surface area contributed by atoms with Crippen LogP contribution in [-0.4, -0.2) is 6.61 Å². The van der Waals surface area contributed by atoms with E-state index in [1.165, 1.54) is 83.5 Å². The largest absolute Gasteiger partial charge is 0.379 e. The van der Waals surface area contributed by atoms with Crippen LogP contribution < -0.4 is 0 Å². The van der Waals surface area contributed by atoms with E-state index in [4.69, 9.17) is 4.74 Å². The van der Waals surface area contributed by atoms with Gasteiger partial charge in [-0.3, -0.25) is 0 Å². The lowest BCUT2D eigenvalue weighted by Crippen LogP contribution is -1.87. The highest BCUT2D eigenvalue weighted by Crippen LogP contribution is 2.12. The van der Waals surface area contributed by atoms with E-state index in [9.17, 15) is 0 Å². The van der Waals surface area contributed by atoms with Crippen molar-refractivity contribution in [2.24, 2.45) is 0 Å². The molecular formula is C16H33O. The van der Waals surface area contributed by atoms with Gasteiger partial charge in [0.25, 0.3) is 0 Å². The van der Waals surface area contributed by atoms with Gasteiger partial charge in [-0.1, -0.05) is 84.0 Å². The minimum absolute atomic E-state index is 0.831. The molecule has 0 aliphatic rings. The fourth-order valence-corrected chi connectivity index (χ4v) is 2.22. The SMILES string of the molecule is [CH2]OCCCCCCCCCCCCCCC. The molecule has 0 amide bonds. The molecule has 1 radical (unpaired) electrons. The van der Waals surface area contributed by atoms with Gasteiger partial charge in [0.2, 0.25) is 0 Å². The first-order valence-corrected chi connectivity index (χ1v) is 7.78. The predicted octanol–water partition coefficient (Wildman–Crippen LogP) is 5.89. The summed E-state index contributed by atoms with van der Waals surface area (Å²) in [5, 5.41) is 0. The molecule has 0 aromatic heterocycles. The van der Waals surface area contributed by atoms with Gasteiger partial charge in [0.1, 0.15) is 0 Å². The van der Waals surface area contributed by atoms with Crippen molar-refractivity contribution in [1.29, 1.82) is 0 Å². The fraction of sp³-hybridized carbons (Fsp3) is 0.938. The Morgan fingerprint density at radius 2 is 0.941 bits per heavy atom. The van der Waals surface area contributed by atoms with Crippen LogP contribution in [0.4, 0.5) is 0 Å². The second kappa shape index (κ2) is 16.0. The van der Waals surface area contributed by atoms with Gasteiger partial charge in [0, 0.05) is 6.61 Å². The Hall–Kier alpha value is -0.0400. The molecule has 0 fully saturated rings. The molecule has 0 spiro atoms. The molecule has 103 valence electrons. The van der Waals surface area contributed by atoms with Crippen molar-refractivity contribution in [3.8, 4) is 0 Å². The number of hydrogen-bond acceptors (Lipinski definition) is 1. The van der Waals surface area contributed by atoms with E-state index in [0.29, 0.717) is 0 Å². The average Bonchev–Trinajstić information content (AvgIpc) is 2.35. The highest BCUT2D eigenvalue weighted by atomic mass is 16.5. The summed E-state index contributed by atoms with van der Waals surface area (Å²) in [5.41, 5.74) is 0. The third-order valence-corrected chi connectivity index (χ3v) is 3.39. The van der Waals surface area contributed by atoms with Gasteiger partial charge in [0.05, 0.1) is 7.11 Å². The summed E-state index contributed by atoms with van der Waals surface area (Å²) in [6.07, 6.45) is 18.2. The van der Waals surface area contributed by atoms with Crippen LogP contribution >= 0.6 is 0 Å². The van der Waals surface area contributed by atoms with Gasteiger partial charge in [-0.25, -0.2) is 0 Å². The zero-order valence-corrected chi connectivity index (χ0v) is 12.0. The van der Waals surface area contributed by atoms with E-state index in [-0.39, 0.29) is 0 Å². The summed E-state index contributed by atoms with van der Waals surface area (Å²) < 4.78 is 4.79. The minimum atomic E-state index is 0.831. The molecule has 0 unspecified atom stereocenters. The first-order chi connectivity index (χ1) is 8.41. The zero-order valence-electron chi connectivity index (χ0n) is 12.0. The van der Waals surface area contributed by atoms with Gasteiger partial charge in [0.15, 0.2) is 0 Å². The van der Waals surface area contributed by atoms with E-state index in [1.807, 2.05) is 0 Å². The molecule has 0 saturated carbocycles. The summed E-state index contributed by atoms with van der Waals surface area (Å²) >= 11 is 0. The third-order valence-electron chi connectivity index (χ3n) is 3.39. The van der Waals surface area contributed by atoms with Crippen LogP contribution in [0.5, 0.6) is 0 Å². The summed E-state index contributed by atoms with van der Waals surface area (Å²) in [4.78, 5) is 0. The molecule has 0 N–H and O–H groups in total. The lowest BCUT2D eigenvalue weighted by molar-refractivity contribution is 0.233. The molecule has 1 nitrogen and oxygen atoms in total. The maximum Gasteiger partial charge on any atom is 0.0700 e. The maximum atomic E-state index is 4.79. The molecule has 0 heterocycles. The molecule has 0 bridgehead atoms. The van der Waals surface area contributed by atoms with Crippen molar-refractivity contribution in [2.75, 3.05) is 6.61 Å². The van der Waals surface area contributed by atoms with E-state index in [2.05, 4.69) is 14.0 Å². The van der Waals surface area contributed by atoms with Crippen LogP contribution in [0.1, 0.15) is 90.4 Å². The quantitative estimate of drug-likeness (QED) is 0.345. The normalized spacial score (nSPS) is 10.9. The van der Waals surface area contributed by atoms with Gasteiger partial charge < -0.3 is 4.74 Å². The van der Waals surface area contributed by atoms with Gasteiger partial charge in [-0.15, -0.1) is 0 Å². The van der Waals surface area contributed by atoms with E-state index in [1.54, 1.807) is 0 Å². The molecular weight excluding hydrogens is 208 g/mol. The smallest absolute Gasteiger partial charge is 0.0700 e. The average molecular weight is 241 g/mol. The Labute approximate surface area is 109 Å². The molecule has 0 saturated heterocycles. The Morgan fingerprint density at radius 3 is 1.29 bits per heavy atom. The standard InChI is InChI=1S/C16H33O/c1-3-4-5-6-7-8-9-10-11-12-13-14-15-16-17-2/h2-16H2,1H3. The first-order valence-electron chi connectivity index (χ1n) is 7.78. The number of unbranched alkanes of at least 4 members (excludes halogenated alkanes) is 12. The highest BCUT2D eigenvalue weighted by molar-refractivity contribution is 4.48. The molecule has 0 rings (SSSR count). The van der Waals surface area contributed by atoms with Gasteiger partial charge >= 0.3 is 0 Å². The van der Waals surface area contributed by atoms with E-state index in [0.717, 1.165) is 6.61 Å². The van der Waals surface area contributed by atoms with Crippen molar-refractivity contribution >= 4 is 0 Å². The second-order valence-corrected chi connectivity index (χ2v) is 5.15. The topological polar surface area (TPSA) is 9.23 Å². The molecule has 1 heteroatoms. The molecule has 0 aliphatic carbocycles. The zero-order chi connectivity index (χ0) is 12.6. The predicted molar refractivity (Wildman–Crippen MR) is 77.0 cm³/mol. The summed E-state index contributed by atoms with van der Waals surface area (Å²) in [6, 6.07) is 0. The monoisotopic (exact) mass is 241 g/mol. The first kappa shape index (κ1) is 17.0. The summed E-state index contributed by atoms with van der Waals surface area (Å²) in [6.45, 7) is 3.11. The van der Waals surface area contributed by atoms with Crippen LogP contribution in [0, 0.1) is 7.11 Å². The van der Waals surface area contributed by atoms with Gasteiger partial charge in [-0.2, -0.15) is 0 Å². The van der Waals surface area contributed by atoms with Crippen molar-refractivity contribution in [3.05, 3.63) is 7.11 Å². The number of ether oxygens (including phenoxy) is 1. The summed E-state index contributed by atoms with van der Waals surface area (Å²) in [7, 11) is 3.38. The molecule has 0 aromatic carbocycles. The molecule has 0 aromatic rings. The fourth-order valence-electron chi connectivity index (χ4n) is 2.22. The van der Waals surface area contributed by atoms with Crippen LogP contribution in [0.15, 0.2) is 0 Å². The lowest BCUT2D eigenvalue weighted by atomic mass is 10.0. The maximum absolute atomic E-state index is 4.79. The number of hydrogen-bond donors (Lipinski definition) is 0. The minimum Gasteiger partial charge on any atom is -0.379 e. The van der Waals surface area contributed by atoms with Crippen LogP contribution in [0.25, 0.3) is 0 Å².